The second-order valence-electron chi connectivity index (χ2n) is 10.6. The number of nitrogens with one attached hydrogen (secondary N) is 2. The Bertz CT molecular complexity index is 1480. The Hall–Kier alpha value is -4.06. The summed E-state index contributed by atoms with van der Waals surface area (Å²) in [5.41, 5.74) is 5.31. The highest BCUT2D eigenvalue weighted by atomic mass is 16.5. The zero-order valence-corrected chi connectivity index (χ0v) is 23.2. The molecule has 3 amide bonds. The average Bonchev–Trinajstić information content (AvgIpc) is 3.38. The third-order valence-electron chi connectivity index (χ3n) is 7.47. The van der Waals surface area contributed by atoms with Gasteiger partial charge < -0.3 is 30.4 Å². The molecule has 1 saturated heterocycles. The second kappa shape index (κ2) is 11.2. The molecule has 1 fully saturated rings. The maximum atomic E-state index is 13.5. The van der Waals surface area contributed by atoms with Crippen molar-refractivity contribution in [2.45, 2.75) is 71.5 Å². The van der Waals surface area contributed by atoms with Gasteiger partial charge in [0, 0.05) is 30.8 Å². The molecule has 2 aromatic rings. The molecule has 1 aliphatic carbocycles. The number of rotatable bonds is 7. The van der Waals surface area contributed by atoms with Crippen molar-refractivity contribution < 1.29 is 33.1 Å². The van der Waals surface area contributed by atoms with Gasteiger partial charge in [-0.25, -0.2) is 4.79 Å². The van der Waals surface area contributed by atoms with Crippen molar-refractivity contribution in [3.8, 4) is 5.75 Å². The zero-order valence-electron chi connectivity index (χ0n) is 23.2. The van der Waals surface area contributed by atoms with Gasteiger partial charge in [-0.2, -0.15) is 0 Å². The van der Waals surface area contributed by atoms with Crippen LogP contribution in [0.3, 0.4) is 0 Å². The summed E-state index contributed by atoms with van der Waals surface area (Å²) in [6.07, 6.45) is 0.772. The number of hydrogen-bond donors (Lipinski definition) is 3. The van der Waals surface area contributed by atoms with Crippen molar-refractivity contribution in [1.82, 2.24) is 10.2 Å². The molecule has 214 valence electrons. The van der Waals surface area contributed by atoms with E-state index in [1.807, 2.05) is 0 Å². The van der Waals surface area contributed by atoms with Gasteiger partial charge in [0.05, 0.1) is 24.4 Å². The molecule has 0 spiro atoms. The number of anilines is 1. The Balaban J connectivity index is 1.70. The van der Waals surface area contributed by atoms with Gasteiger partial charge >= 0.3 is 5.63 Å². The molecule has 1 aliphatic heterocycles. The summed E-state index contributed by atoms with van der Waals surface area (Å²) in [5.74, 6) is -2.57. The first-order chi connectivity index (χ1) is 18.9. The summed E-state index contributed by atoms with van der Waals surface area (Å²) in [4.78, 5) is 79.0. The van der Waals surface area contributed by atoms with Crippen LogP contribution in [-0.4, -0.2) is 66.0 Å². The molecule has 3 atom stereocenters. The Morgan fingerprint density at radius 1 is 1.10 bits per heavy atom. The molecule has 4 rings (SSSR count). The summed E-state index contributed by atoms with van der Waals surface area (Å²) in [6.45, 7) is 7.03. The first-order valence-electron chi connectivity index (χ1n) is 13.3. The lowest BCUT2D eigenvalue weighted by molar-refractivity contribution is -0.140. The van der Waals surface area contributed by atoms with E-state index < -0.39 is 47.1 Å². The van der Waals surface area contributed by atoms with E-state index in [4.69, 9.17) is 14.9 Å². The van der Waals surface area contributed by atoms with Gasteiger partial charge in [-0.3, -0.25) is 24.0 Å². The summed E-state index contributed by atoms with van der Waals surface area (Å²) < 4.78 is 11.0. The van der Waals surface area contributed by atoms with Gasteiger partial charge in [0.25, 0.3) is 0 Å². The number of amides is 3. The maximum Gasteiger partial charge on any atom is 0.347 e. The molecule has 2 heterocycles. The number of benzene rings is 1. The molecular weight excluding hydrogens is 520 g/mol. The van der Waals surface area contributed by atoms with Crippen LogP contribution in [0.1, 0.15) is 72.7 Å². The molecule has 1 aromatic carbocycles. The predicted molar refractivity (Wildman–Crippen MR) is 145 cm³/mol. The van der Waals surface area contributed by atoms with E-state index >= 15 is 0 Å². The first-order valence-corrected chi connectivity index (χ1v) is 13.3. The molecule has 40 heavy (non-hydrogen) atoms. The van der Waals surface area contributed by atoms with Gasteiger partial charge in [-0.1, -0.05) is 13.8 Å². The standard InChI is InChI=1S/C28H34N4O8/c1-12(2)23(31-25(35)16-7-6-10-32(16)27(37)14(4)29)26(36)30-15-11-19-21-13(3)20(28(38)40-19)17(33)8-9-18(34)22(21)24(15)39-5/h11-12,14,16,23H,6-10,29H2,1-5H3,(H,30,36)(H,31,35)/t14-,16-,23-/m0/s1. The van der Waals surface area contributed by atoms with Crippen LogP contribution >= 0.6 is 0 Å². The number of nitrogens with two attached hydrogens (primary N) is 1. The number of carbonyl (C=O) groups is 5. The summed E-state index contributed by atoms with van der Waals surface area (Å²) in [7, 11) is 1.34. The Labute approximate surface area is 230 Å². The molecule has 0 radical (unpaired) electrons. The lowest BCUT2D eigenvalue weighted by Gasteiger charge is -2.29. The van der Waals surface area contributed by atoms with Crippen molar-refractivity contribution in [3.63, 3.8) is 0 Å². The van der Waals surface area contributed by atoms with Crippen LogP contribution in [-0.2, 0) is 14.4 Å². The topological polar surface area (TPSA) is 178 Å². The van der Waals surface area contributed by atoms with Crippen molar-refractivity contribution in [1.29, 1.82) is 0 Å². The molecule has 12 nitrogen and oxygen atoms in total. The molecule has 2 bridgehead atoms. The van der Waals surface area contributed by atoms with E-state index in [1.165, 1.54) is 18.1 Å². The molecular formula is C28H34N4O8. The minimum absolute atomic E-state index is 0.0153. The SMILES string of the molecule is COc1c(NC(=O)[C@@H](NC(=O)[C@@H]2CCCN2C(=O)[C@H](C)N)C(C)C)cc2oc(=O)c3c(C)c2c1C(=O)CCC3=O. The Morgan fingerprint density at radius 3 is 2.35 bits per heavy atom. The van der Waals surface area contributed by atoms with E-state index in [-0.39, 0.29) is 58.2 Å². The summed E-state index contributed by atoms with van der Waals surface area (Å²) >= 11 is 0. The van der Waals surface area contributed by atoms with Crippen LogP contribution in [0.5, 0.6) is 5.75 Å². The van der Waals surface area contributed by atoms with E-state index in [1.54, 1.807) is 27.7 Å². The zero-order chi connectivity index (χ0) is 29.5. The van der Waals surface area contributed by atoms with Crippen LogP contribution < -0.4 is 26.7 Å². The van der Waals surface area contributed by atoms with Crippen molar-refractivity contribution in [2.24, 2.45) is 11.7 Å². The number of ketones is 2. The van der Waals surface area contributed by atoms with Gasteiger partial charge in [0.1, 0.15) is 23.2 Å². The number of aryl methyl sites for hydroxylation is 1. The number of Topliss-reactive ketones (excluding diaryl/α,β-unsaturated/α-hetero) is 2. The van der Waals surface area contributed by atoms with Crippen LogP contribution in [0.4, 0.5) is 5.69 Å². The van der Waals surface area contributed by atoms with Gasteiger partial charge in [-0.05, 0) is 38.2 Å². The number of ether oxygens (including phenoxy) is 1. The second-order valence-corrected chi connectivity index (χ2v) is 10.6. The summed E-state index contributed by atoms with van der Waals surface area (Å²) in [5, 5.41) is 5.76. The first kappa shape index (κ1) is 28.9. The predicted octanol–water partition coefficient (Wildman–Crippen LogP) is 1.69. The average molecular weight is 555 g/mol. The third kappa shape index (κ3) is 5.10. The fourth-order valence-electron chi connectivity index (χ4n) is 5.45. The number of methoxy groups -OCH3 is 1. The molecule has 0 saturated carbocycles. The van der Waals surface area contributed by atoms with E-state index in [0.29, 0.717) is 24.9 Å². The third-order valence-corrected chi connectivity index (χ3v) is 7.47. The van der Waals surface area contributed by atoms with Crippen molar-refractivity contribution in [2.75, 3.05) is 19.0 Å². The number of likely N-dealkylation sites (tertiary alicyclic amines) is 1. The van der Waals surface area contributed by atoms with Crippen LogP contribution in [0.2, 0.25) is 0 Å². The highest BCUT2D eigenvalue weighted by Gasteiger charge is 2.38. The lowest BCUT2D eigenvalue weighted by atomic mass is 9.89. The van der Waals surface area contributed by atoms with E-state index in [0.717, 1.165) is 0 Å². The summed E-state index contributed by atoms with van der Waals surface area (Å²) in [6, 6.07) is -1.14. The minimum atomic E-state index is -1.01. The van der Waals surface area contributed by atoms with E-state index in [9.17, 15) is 28.8 Å². The number of nitrogens with zero attached hydrogens (tertiary/aromatic N) is 1. The quantitative estimate of drug-likeness (QED) is 0.430. The van der Waals surface area contributed by atoms with Crippen LogP contribution in [0, 0.1) is 12.8 Å². The normalized spacial score (nSPS) is 18.5. The Morgan fingerprint density at radius 2 is 1.75 bits per heavy atom. The Kier molecular flexibility index (Phi) is 8.10. The number of hydrogen-bond acceptors (Lipinski definition) is 9. The van der Waals surface area contributed by atoms with Crippen molar-refractivity contribution >= 4 is 45.9 Å². The van der Waals surface area contributed by atoms with Gasteiger partial charge in [-0.15, -0.1) is 0 Å². The monoisotopic (exact) mass is 554 g/mol. The van der Waals surface area contributed by atoms with E-state index in [2.05, 4.69) is 10.6 Å². The van der Waals surface area contributed by atoms with Crippen molar-refractivity contribution in [3.05, 3.63) is 33.2 Å². The van der Waals surface area contributed by atoms with Gasteiger partial charge in [0.15, 0.2) is 17.3 Å². The molecule has 4 N–H and O–H groups in total. The largest absolute Gasteiger partial charge is 0.494 e. The minimum Gasteiger partial charge on any atom is -0.494 e. The van der Waals surface area contributed by atoms with Gasteiger partial charge in [0.2, 0.25) is 17.7 Å². The molecule has 2 aliphatic rings. The lowest BCUT2D eigenvalue weighted by Crippen LogP contribution is -2.55. The molecule has 12 heteroatoms. The highest BCUT2D eigenvalue weighted by Crippen LogP contribution is 2.40. The van der Waals surface area contributed by atoms with Crippen LogP contribution in [0.15, 0.2) is 15.3 Å². The van der Waals surface area contributed by atoms with Crippen LogP contribution in [0.25, 0.3) is 11.0 Å². The number of carbonyl (C=O) groups excluding carboxylic acids is 5. The maximum absolute atomic E-state index is 13.5. The molecule has 1 aromatic heterocycles. The number of fused-ring (bicyclic) bond motifs is 1. The fourth-order valence-corrected chi connectivity index (χ4v) is 5.45. The highest BCUT2D eigenvalue weighted by molar-refractivity contribution is 6.17. The molecule has 0 unspecified atom stereocenters. The smallest absolute Gasteiger partial charge is 0.347 e. The fraction of sp³-hybridized carbons (Fsp3) is 0.500.